The number of hydrogen-bond acceptors (Lipinski definition) is 7. The first-order chi connectivity index (χ1) is 15.4. The maximum atomic E-state index is 13.0. The molecule has 0 saturated carbocycles. The Hall–Kier alpha value is -2.74. The normalized spacial score (nSPS) is 20.1. The van der Waals surface area contributed by atoms with Crippen molar-refractivity contribution in [1.82, 2.24) is 4.90 Å². The molecule has 0 aromatic heterocycles. The van der Waals surface area contributed by atoms with Crippen molar-refractivity contribution < 1.29 is 23.8 Å². The van der Waals surface area contributed by atoms with Crippen LogP contribution in [0.3, 0.4) is 0 Å². The van der Waals surface area contributed by atoms with E-state index in [9.17, 15) is 9.59 Å². The van der Waals surface area contributed by atoms with E-state index in [4.69, 9.17) is 14.2 Å². The van der Waals surface area contributed by atoms with E-state index in [1.165, 1.54) is 17.8 Å². The Morgan fingerprint density at radius 1 is 1.31 bits per heavy atom. The summed E-state index contributed by atoms with van der Waals surface area (Å²) in [7, 11) is 1.57. The summed E-state index contributed by atoms with van der Waals surface area (Å²) in [5.41, 5.74) is 1.59. The number of allylic oxidation sites excluding steroid dienone is 1. The quantitative estimate of drug-likeness (QED) is 0.289. The highest BCUT2D eigenvalue weighted by Gasteiger charge is 2.46. The molecule has 0 N–H and O–H groups in total. The van der Waals surface area contributed by atoms with Crippen molar-refractivity contribution in [2.45, 2.75) is 51.3 Å². The Bertz CT molecular complexity index is 956. The highest BCUT2D eigenvalue weighted by molar-refractivity contribution is 8.15. The van der Waals surface area contributed by atoms with Gasteiger partial charge in [0, 0.05) is 0 Å². The minimum atomic E-state index is -0.659. The van der Waals surface area contributed by atoms with Crippen LogP contribution in [0.15, 0.2) is 47.1 Å². The molecule has 172 valence electrons. The number of hydrogen-bond donors (Lipinski definition) is 0. The molecule has 32 heavy (non-hydrogen) atoms. The smallest absolute Gasteiger partial charge is 0.338 e. The molecule has 8 heteroatoms. The summed E-state index contributed by atoms with van der Waals surface area (Å²) < 4.78 is 16.8. The number of benzene rings is 1. The van der Waals surface area contributed by atoms with Gasteiger partial charge in [-0.3, -0.25) is 9.69 Å². The van der Waals surface area contributed by atoms with Gasteiger partial charge in [0.15, 0.2) is 16.7 Å². The van der Waals surface area contributed by atoms with Gasteiger partial charge in [-0.1, -0.05) is 50.2 Å². The maximum Gasteiger partial charge on any atom is 0.338 e. The fourth-order valence-corrected chi connectivity index (χ4v) is 4.73. The molecular weight excluding hydrogens is 428 g/mol. The van der Waals surface area contributed by atoms with Crippen LogP contribution in [-0.4, -0.2) is 47.5 Å². The van der Waals surface area contributed by atoms with Gasteiger partial charge in [-0.25, -0.2) is 9.79 Å². The van der Waals surface area contributed by atoms with Crippen molar-refractivity contribution in [3.05, 3.63) is 47.7 Å². The van der Waals surface area contributed by atoms with E-state index in [1.54, 1.807) is 18.9 Å². The average molecular weight is 459 g/mol. The highest BCUT2D eigenvalue weighted by atomic mass is 32.2. The molecular formula is C24H30N2O5S. The average Bonchev–Trinajstić information content (AvgIpc) is 3.07. The van der Waals surface area contributed by atoms with Crippen molar-refractivity contribution in [3.63, 3.8) is 0 Å². The fourth-order valence-electron chi connectivity index (χ4n) is 3.70. The van der Waals surface area contributed by atoms with Crippen LogP contribution in [0, 0.1) is 0 Å². The topological polar surface area (TPSA) is 77.4 Å². The molecule has 1 saturated heterocycles. The van der Waals surface area contributed by atoms with Crippen LogP contribution in [0.25, 0.3) is 0 Å². The van der Waals surface area contributed by atoms with Crippen molar-refractivity contribution in [2.75, 3.05) is 20.3 Å². The second-order valence-corrected chi connectivity index (χ2v) is 8.93. The molecule has 1 amide bonds. The molecule has 2 aliphatic rings. The van der Waals surface area contributed by atoms with Gasteiger partial charge in [-0.2, -0.15) is 0 Å². The number of thioether (sulfide) groups is 1. The van der Waals surface area contributed by atoms with Gasteiger partial charge in [0.1, 0.15) is 6.61 Å². The highest BCUT2D eigenvalue weighted by Crippen LogP contribution is 2.44. The van der Waals surface area contributed by atoms with Crippen LogP contribution in [-0.2, 0) is 14.3 Å². The Morgan fingerprint density at radius 2 is 2.09 bits per heavy atom. The predicted octanol–water partition coefficient (Wildman–Crippen LogP) is 4.64. The van der Waals surface area contributed by atoms with E-state index in [-0.39, 0.29) is 17.8 Å². The molecule has 0 radical (unpaired) electrons. The summed E-state index contributed by atoms with van der Waals surface area (Å²) in [4.78, 5) is 32.1. The molecule has 3 rings (SSSR count). The largest absolute Gasteiger partial charge is 0.493 e. The molecule has 2 heterocycles. The van der Waals surface area contributed by atoms with E-state index in [1.807, 2.05) is 25.1 Å². The van der Waals surface area contributed by atoms with E-state index in [0.717, 1.165) is 24.8 Å². The van der Waals surface area contributed by atoms with Crippen LogP contribution >= 0.6 is 11.8 Å². The number of fused-ring (bicyclic) bond motifs is 1. The lowest BCUT2D eigenvalue weighted by Crippen LogP contribution is -2.40. The minimum absolute atomic E-state index is 0.0753. The number of unbranched alkanes of at least 4 members (excludes halogenated alkanes) is 2. The third kappa shape index (κ3) is 4.85. The molecule has 2 unspecified atom stereocenters. The predicted molar refractivity (Wildman–Crippen MR) is 126 cm³/mol. The number of amides is 1. The fraction of sp³-hybridized carbons (Fsp3) is 0.458. The minimum Gasteiger partial charge on any atom is -0.493 e. The van der Waals surface area contributed by atoms with Crippen LogP contribution in [0.1, 0.15) is 51.6 Å². The van der Waals surface area contributed by atoms with Crippen molar-refractivity contribution in [3.8, 4) is 11.5 Å². The lowest BCUT2D eigenvalue weighted by atomic mass is 9.94. The molecule has 1 aromatic carbocycles. The molecule has 0 aliphatic carbocycles. The third-order valence-electron chi connectivity index (χ3n) is 5.32. The number of amidine groups is 1. The van der Waals surface area contributed by atoms with Gasteiger partial charge in [-0.05, 0) is 38.0 Å². The van der Waals surface area contributed by atoms with Gasteiger partial charge in [0.05, 0.1) is 36.3 Å². The molecule has 1 fully saturated rings. The number of rotatable bonds is 10. The van der Waals surface area contributed by atoms with E-state index in [0.29, 0.717) is 34.5 Å². The Morgan fingerprint density at radius 3 is 2.78 bits per heavy atom. The van der Waals surface area contributed by atoms with Gasteiger partial charge in [-0.15, -0.1) is 0 Å². The third-order valence-corrected chi connectivity index (χ3v) is 6.37. The second-order valence-electron chi connectivity index (χ2n) is 7.62. The van der Waals surface area contributed by atoms with E-state index in [2.05, 4.69) is 18.5 Å². The summed E-state index contributed by atoms with van der Waals surface area (Å²) in [5, 5.41) is 0.305. The first-order valence-electron chi connectivity index (χ1n) is 10.8. The monoisotopic (exact) mass is 458 g/mol. The zero-order valence-corrected chi connectivity index (χ0v) is 19.9. The zero-order chi connectivity index (χ0) is 23.3. The summed E-state index contributed by atoms with van der Waals surface area (Å²) in [6.07, 6.45) is 4.68. The lowest BCUT2D eigenvalue weighted by molar-refractivity contribution is -0.139. The van der Waals surface area contributed by atoms with Crippen LogP contribution < -0.4 is 9.47 Å². The second kappa shape index (κ2) is 10.7. The van der Waals surface area contributed by atoms with Gasteiger partial charge < -0.3 is 14.2 Å². The Kier molecular flexibility index (Phi) is 8.01. The summed E-state index contributed by atoms with van der Waals surface area (Å²) in [6.45, 7) is 10.0. The zero-order valence-electron chi connectivity index (χ0n) is 19.1. The van der Waals surface area contributed by atoms with Crippen LogP contribution in [0.2, 0.25) is 0 Å². The summed E-state index contributed by atoms with van der Waals surface area (Å²) >= 11 is 1.39. The molecule has 2 atom stereocenters. The van der Waals surface area contributed by atoms with Gasteiger partial charge in [0.2, 0.25) is 5.91 Å². The molecule has 7 nitrogen and oxygen atoms in total. The van der Waals surface area contributed by atoms with Gasteiger partial charge >= 0.3 is 5.97 Å². The van der Waals surface area contributed by atoms with Gasteiger partial charge in [0.25, 0.3) is 0 Å². The number of methoxy groups -OCH3 is 1. The van der Waals surface area contributed by atoms with Crippen molar-refractivity contribution >= 4 is 28.8 Å². The van der Waals surface area contributed by atoms with Crippen LogP contribution in [0.4, 0.5) is 0 Å². The summed E-state index contributed by atoms with van der Waals surface area (Å²) in [6, 6.07) is 4.84. The van der Waals surface area contributed by atoms with Crippen molar-refractivity contribution in [2.24, 2.45) is 4.99 Å². The molecule has 1 aromatic rings. The first kappa shape index (κ1) is 23.9. The number of carbonyl (C=O) groups is 2. The molecule has 2 aliphatic heterocycles. The molecule has 0 bridgehead atoms. The Labute approximate surface area is 193 Å². The number of aliphatic imine (C=N–C) groups is 1. The van der Waals surface area contributed by atoms with E-state index >= 15 is 0 Å². The van der Waals surface area contributed by atoms with Crippen molar-refractivity contribution in [1.29, 1.82) is 0 Å². The first-order valence-corrected chi connectivity index (χ1v) is 11.7. The Balaban J connectivity index is 2.00. The molecule has 0 spiro atoms. The SMILES string of the molecule is C=CCOC(=O)C1=C(C)N=C2SC(C)C(=O)N2C1c1ccc(OCCCCC)c(OC)c1. The van der Waals surface area contributed by atoms with E-state index < -0.39 is 12.0 Å². The van der Waals surface area contributed by atoms with Crippen LogP contribution in [0.5, 0.6) is 11.5 Å². The maximum absolute atomic E-state index is 13.0. The lowest BCUT2D eigenvalue weighted by Gasteiger charge is -2.33. The number of ether oxygens (including phenoxy) is 3. The number of nitrogens with zero attached hydrogens (tertiary/aromatic N) is 2. The standard InChI is InChI=1S/C24H30N2O5S/c1-6-8-9-13-30-18-11-10-17(14-19(18)29-5)21-20(23(28)31-12-7-2)15(3)25-24-26(21)22(27)16(4)32-24/h7,10-11,14,16,21H,2,6,8-9,12-13H2,1,3-5H3. The summed E-state index contributed by atoms with van der Waals surface area (Å²) in [5.74, 6) is 0.557. The number of esters is 1. The number of carbonyl (C=O) groups excluding carboxylic acids is 2.